The quantitative estimate of drug-likeness (QED) is 0.822. The summed E-state index contributed by atoms with van der Waals surface area (Å²) in [6.07, 6.45) is 1.44. The lowest BCUT2D eigenvalue weighted by atomic mass is 10.2. The van der Waals surface area contributed by atoms with E-state index in [0.717, 1.165) is 11.5 Å². The largest absolute Gasteiger partial charge is 0.464 e. The molecule has 6 heteroatoms. The zero-order valence-electron chi connectivity index (χ0n) is 12.3. The maximum Gasteiger partial charge on any atom is 0.340 e. The van der Waals surface area contributed by atoms with Gasteiger partial charge in [0.1, 0.15) is 17.3 Å². The third-order valence-corrected chi connectivity index (χ3v) is 2.98. The molecule has 21 heavy (non-hydrogen) atoms. The van der Waals surface area contributed by atoms with Crippen LogP contribution in [0.15, 0.2) is 28.8 Å². The highest BCUT2D eigenvalue weighted by Crippen LogP contribution is 2.22. The molecule has 2 heterocycles. The van der Waals surface area contributed by atoms with Crippen LogP contribution in [0, 0.1) is 6.92 Å². The maximum absolute atomic E-state index is 11.8. The van der Waals surface area contributed by atoms with Gasteiger partial charge in [-0.3, -0.25) is 0 Å². The molecule has 3 N–H and O–H groups in total. The molecule has 1 unspecified atom stereocenters. The van der Waals surface area contributed by atoms with Crippen molar-refractivity contribution in [3.05, 3.63) is 41.5 Å². The highest BCUT2D eigenvalue weighted by atomic mass is 16.5. The second kappa shape index (κ2) is 6.30. The van der Waals surface area contributed by atoms with Crippen molar-refractivity contribution in [3.8, 4) is 0 Å². The van der Waals surface area contributed by atoms with E-state index < -0.39 is 5.97 Å². The van der Waals surface area contributed by atoms with Gasteiger partial charge in [-0.25, -0.2) is 9.78 Å². The van der Waals surface area contributed by atoms with E-state index >= 15 is 0 Å². The Morgan fingerprint density at radius 1 is 1.52 bits per heavy atom. The van der Waals surface area contributed by atoms with E-state index in [9.17, 15) is 4.79 Å². The van der Waals surface area contributed by atoms with Crippen LogP contribution < -0.4 is 11.1 Å². The number of aryl methyl sites for hydroxylation is 1. The molecule has 2 rings (SSSR count). The van der Waals surface area contributed by atoms with Gasteiger partial charge >= 0.3 is 5.97 Å². The minimum Gasteiger partial charge on any atom is -0.464 e. The zero-order chi connectivity index (χ0) is 15.4. The topological polar surface area (TPSA) is 90.4 Å². The maximum atomic E-state index is 11.8. The molecule has 0 aliphatic rings. The van der Waals surface area contributed by atoms with Crippen LogP contribution in [0.1, 0.15) is 41.8 Å². The molecule has 1 atom stereocenters. The normalized spacial score (nSPS) is 12.0. The number of rotatable bonds is 5. The molecule has 0 saturated heterocycles. The van der Waals surface area contributed by atoms with Crippen molar-refractivity contribution in [2.24, 2.45) is 0 Å². The average molecular weight is 289 g/mol. The Labute approximate surface area is 123 Å². The lowest BCUT2D eigenvalue weighted by Crippen LogP contribution is -2.12. The fraction of sp³-hybridized carbons (Fsp3) is 0.333. The number of hydrogen-bond donors (Lipinski definition) is 2. The van der Waals surface area contributed by atoms with E-state index in [1.807, 2.05) is 26.0 Å². The molecule has 0 saturated carbocycles. The third-order valence-electron chi connectivity index (χ3n) is 2.98. The molecule has 0 amide bonds. The van der Waals surface area contributed by atoms with E-state index in [2.05, 4.69) is 10.3 Å². The molecule has 0 bridgehead atoms. The number of carbonyl (C=O) groups excluding carboxylic acids is 1. The number of carbonyl (C=O) groups is 1. The second-order valence-electron chi connectivity index (χ2n) is 4.69. The van der Waals surface area contributed by atoms with Crippen LogP contribution in [0.3, 0.4) is 0 Å². The lowest BCUT2D eigenvalue weighted by Gasteiger charge is -2.13. The molecule has 0 radical (unpaired) electrons. The molecule has 112 valence electrons. The van der Waals surface area contributed by atoms with Crippen molar-refractivity contribution in [1.29, 1.82) is 0 Å². The van der Waals surface area contributed by atoms with E-state index in [0.29, 0.717) is 23.7 Å². The standard InChI is InChI=1S/C15H19N3O3/c1-4-20-15(19)11-7-14(17-8-12(11)16)18-10(3)13-6-5-9(2)21-13/h5-8,10H,4,16H2,1-3H3,(H,17,18). The molecule has 2 aromatic rings. The smallest absolute Gasteiger partial charge is 0.340 e. The monoisotopic (exact) mass is 289 g/mol. The van der Waals surface area contributed by atoms with Crippen molar-refractivity contribution >= 4 is 17.5 Å². The van der Waals surface area contributed by atoms with Gasteiger partial charge in [-0.15, -0.1) is 0 Å². The Bertz CT molecular complexity index is 637. The number of nitrogens with zero attached hydrogens (tertiary/aromatic N) is 1. The first-order valence-corrected chi connectivity index (χ1v) is 6.76. The van der Waals surface area contributed by atoms with Gasteiger partial charge in [-0.1, -0.05) is 0 Å². The summed E-state index contributed by atoms with van der Waals surface area (Å²) in [5, 5.41) is 3.17. The number of hydrogen-bond acceptors (Lipinski definition) is 6. The first-order valence-electron chi connectivity index (χ1n) is 6.76. The van der Waals surface area contributed by atoms with Gasteiger partial charge in [0.25, 0.3) is 0 Å². The van der Waals surface area contributed by atoms with Crippen LogP contribution in [-0.2, 0) is 4.74 Å². The molecule has 0 aliphatic carbocycles. The predicted molar refractivity (Wildman–Crippen MR) is 80.1 cm³/mol. The van der Waals surface area contributed by atoms with Crippen molar-refractivity contribution in [2.45, 2.75) is 26.8 Å². The zero-order valence-corrected chi connectivity index (χ0v) is 12.3. The van der Waals surface area contributed by atoms with Gasteiger partial charge < -0.3 is 20.2 Å². The molecule has 2 aromatic heterocycles. The minimum absolute atomic E-state index is 0.0788. The number of esters is 1. The first kappa shape index (κ1) is 14.9. The summed E-state index contributed by atoms with van der Waals surface area (Å²) in [6.45, 7) is 5.87. The average Bonchev–Trinajstić information content (AvgIpc) is 2.88. The Hall–Kier alpha value is -2.50. The summed E-state index contributed by atoms with van der Waals surface area (Å²) in [4.78, 5) is 16.0. The fourth-order valence-corrected chi connectivity index (χ4v) is 1.91. The molecule has 6 nitrogen and oxygen atoms in total. The Morgan fingerprint density at radius 3 is 2.90 bits per heavy atom. The van der Waals surface area contributed by atoms with E-state index in [4.69, 9.17) is 14.9 Å². The second-order valence-corrected chi connectivity index (χ2v) is 4.69. The van der Waals surface area contributed by atoms with Crippen LogP contribution in [0.5, 0.6) is 0 Å². The minimum atomic E-state index is -0.457. The number of nitrogen functional groups attached to an aromatic ring is 1. The van der Waals surface area contributed by atoms with E-state index in [1.165, 1.54) is 6.20 Å². The number of aromatic nitrogens is 1. The lowest BCUT2D eigenvalue weighted by molar-refractivity contribution is 0.0527. The SMILES string of the molecule is CCOC(=O)c1cc(NC(C)c2ccc(C)o2)ncc1N. The van der Waals surface area contributed by atoms with Crippen LogP contribution in [0.25, 0.3) is 0 Å². The molecule has 0 aliphatic heterocycles. The molecule has 0 aromatic carbocycles. The van der Waals surface area contributed by atoms with E-state index in [-0.39, 0.29) is 6.04 Å². The predicted octanol–water partition coefficient (Wildman–Crippen LogP) is 2.92. The number of nitrogens with one attached hydrogen (secondary N) is 1. The number of furan rings is 1. The van der Waals surface area contributed by atoms with Gasteiger partial charge in [0.2, 0.25) is 0 Å². The van der Waals surface area contributed by atoms with Gasteiger partial charge in [0, 0.05) is 0 Å². The van der Waals surface area contributed by atoms with Crippen molar-refractivity contribution in [3.63, 3.8) is 0 Å². The summed E-state index contributed by atoms with van der Waals surface area (Å²) in [6, 6.07) is 5.30. The van der Waals surface area contributed by atoms with E-state index in [1.54, 1.807) is 13.0 Å². The number of anilines is 2. The van der Waals surface area contributed by atoms with Crippen molar-refractivity contribution in [1.82, 2.24) is 4.98 Å². The van der Waals surface area contributed by atoms with Crippen molar-refractivity contribution < 1.29 is 13.9 Å². The van der Waals surface area contributed by atoms with Crippen molar-refractivity contribution in [2.75, 3.05) is 17.7 Å². The third kappa shape index (κ3) is 3.53. The van der Waals surface area contributed by atoms with Crippen LogP contribution in [0.2, 0.25) is 0 Å². The molecular formula is C15H19N3O3. The van der Waals surface area contributed by atoms with Crippen LogP contribution >= 0.6 is 0 Å². The molecule has 0 fully saturated rings. The summed E-state index contributed by atoms with van der Waals surface area (Å²) in [7, 11) is 0. The summed E-state index contributed by atoms with van der Waals surface area (Å²) in [5.74, 6) is 1.72. The first-order chi connectivity index (χ1) is 10.0. The number of nitrogens with two attached hydrogens (primary N) is 1. The van der Waals surface area contributed by atoms with Gasteiger partial charge in [-0.2, -0.15) is 0 Å². The Kier molecular flexibility index (Phi) is 4.47. The number of ether oxygens (including phenoxy) is 1. The number of pyridine rings is 1. The highest BCUT2D eigenvalue weighted by Gasteiger charge is 2.15. The van der Waals surface area contributed by atoms with Gasteiger partial charge in [0.05, 0.1) is 30.1 Å². The summed E-state index contributed by atoms with van der Waals surface area (Å²) in [5.41, 5.74) is 6.35. The summed E-state index contributed by atoms with van der Waals surface area (Å²) < 4.78 is 10.5. The Balaban J connectivity index is 2.17. The van der Waals surface area contributed by atoms with Crippen LogP contribution in [-0.4, -0.2) is 17.6 Å². The van der Waals surface area contributed by atoms with Gasteiger partial charge in [-0.05, 0) is 39.0 Å². The molecular weight excluding hydrogens is 270 g/mol. The van der Waals surface area contributed by atoms with Gasteiger partial charge in [0.15, 0.2) is 0 Å². The molecule has 0 spiro atoms. The Morgan fingerprint density at radius 2 is 2.29 bits per heavy atom. The summed E-state index contributed by atoms with van der Waals surface area (Å²) >= 11 is 0. The fourth-order valence-electron chi connectivity index (χ4n) is 1.91. The van der Waals surface area contributed by atoms with Crippen LogP contribution in [0.4, 0.5) is 11.5 Å². The highest BCUT2D eigenvalue weighted by molar-refractivity contribution is 5.95.